The van der Waals surface area contributed by atoms with E-state index in [0.717, 1.165) is 12.8 Å². The Morgan fingerprint density at radius 2 is 2.04 bits per heavy atom. The number of piperidine rings is 1. The number of carbonyl (C=O) groups is 3. The van der Waals surface area contributed by atoms with Crippen molar-refractivity contribution in [1.29, 1.82) is 0 Å². The van der Waals surface area contributed by atoms with Crippen LogP contribution in [0, 0.1) is 0 Å². The predicted octanol–water partition coefficient (Wildman–Crippen LogP) is -2.87. The van der Waals surface area contributed by atoms with Gasteiger partial charge in [0.1, 0.15) is 17.6 Å². The molecule has 9 heteroatoms. The molecule has 0 aromatic heterocycles. The van der Waals surface area contributed by atoms with Crippen molar-refractivity contribution in [2.75, 3.05) is 19.7 Å². The first-order chi connectivity index (χ1) is 10.8. The van der Waals surface area contributed by atoms with Crippen LogP contribution in [0.1, 0.15) is 26.2 Å². The fraction of sp³-hybridized carbons (Fsp3) is 0.786. The lowest BCUT2D eigenvalue weighted by molar-refractivity contribution is -0.182. The molecular weight excluding hydrogens is 304 g/mol. The normalized spacial score (nSPS) is 28.3. The van der Waals surface area contributed by atoms with Crippen LogP contribution in [-0.4, -0.2) is 81.2 Å². The van der Waals surface area contributed by atoms with Crippen LogP contribution in [0.4, 0.5) is 0 Å². The average Bonchev–Trinajstić information content (AvgIpc) is 2.53. The molecule has 1 spiro atoms. The van der Waals surface area contributed by atoms with Gasteiger partial charge >= 0.3 is 0 Å². The number of primary amides is 1. The van der Waals surface area contributed by atoms with E-state index < -0.39 is 48.1 Å². The van der Waals surface area contributed by atoms with Gasteiger partial charge in [-0.25, -0.2) is 0 Å². The summed E-state index contributed by atoms with van der Waals surface area (Å²) < 4.78 is 0. The van der Waals surface area contributed by atoms with Crippen molar-refractivity contribution >= 4 is 17.7 Å². The standard InChI is InChI=1S/C14H24N4O5/c1-8(20)10(15)12(22)18-5-3-2-4-14(18)7-17(13(14)23)9(6-19)11(16)21/h8-10,19-20H,2-7,15H2,1H3,(H2,16,21)/t8-,9+,10+,14?/m1/s1. The fourth-order valence-corrected chi connectivity index (χ4v) is 3.32. The van der Waals surface area contributed by atoms with Crippen molar-refractivity contribution in [2.24, 2.45) is 11.5 Å². The number of nitrogens with zero attached hydrogens (tertiary/aromatic N) is 2. The van der Waals surface area contributed by atoms with Crippen LogP contribution >= 0.6 is 0 Å². The van der Waals surface area contributed by atoms with Crippen molar-refractivity contribution < 1.29 is 24.6 Å². The maximum atomic E-state index is 12.7. The van der Waals surface area contributed by atoms with Gasteiger partial charge in [-0.05, 0) is 26.2 Å². The van der Waals surface area contributed by atoms with Crippen LogP contribution in [0.15, 0.2) is 0 Å². The first-order valence-electron chi connectivity index (χ1n) is 7.72. The monoisotopic (exact) mass is 328 g/mol. The SMILES string of the molecule is C[C@@H](O)[C@H](N)C(=O)N1CCCCC12CN([C@@H](CO)C(N)=O)C2=O. The molecule has 2 rings (SSSR count). The number of aliphatic hydroxyl groups is 2. The first kappa shape index (κ1) is 17.6. The molecule has 2 heterocycles. The molecule has 2 fully saturated rings. The Morgan fingerprint density at radius 1 is 1.39 bits per heavy atom. The third kappa shape index (κ3) is 2.79. The molecule has 2 aliphatic heterocycles. The van der Waals surface area contributed by atoms with E-state index in [9.17, 15) is 24.6 Å². The lowest BCUT2D eigenvalue weighted by Gasteiger charge is -2.58. The first-order valence-corrected chi connectivity index (χ1v) is 7.72. The van der Waals surface area contributed by atoms with E-state index in [1.54, 1.807) is 0 Å². The van der Waals surface area contributed by atoms with E-state index >= 15 is 0 Å². The fourth-order valence-electron chi connectivity index (χ4n) is 3.32. The summed E-state index contributed by atoms with van der Waals surface area (Å²) in [6.45, 7) is 1.37. The Bertz CT molecular complexity index is 511. The second-order valence-electron chi connectivity index (χ2n) is 6.28. The second kappa shape index (κ2) is 6.42. The highest BCUT2D eigenvalue weighted by molar-refractivity contribution is 6.00. The van der Waals surface area contributed by atoms with Crippen molar-refractivity contribution in [2.45, 2.75) is 49.9 Å². The molecule has 0 radical (unpaired) electrons. The van der Waals surface area contributed by atoms with Gasteiger partial charge in [0.15, 0.2) is 0 Å². The summed E-state index contributed by atoms with van der Waals surface area (Å²) in [4.78, 5) is 39.1. The number of likely N-dealkylation sites (tertiary alicyclic amines) is 2. The van der Waals surface area contributed by atoms with Gasteiger partial charge in [0, 0.05) is 6.54 Å². The lowest BCUT2D eigenvalue weighted by Crippen LogP contribution is -2.80. The van der Waals surface area contributed by atoms with Crippen LogP contribution in [0.5, 0.6) is 0 Å². The van der Waals surface area contributed by atoms with E-state index in [-0.39, 0.29) is 6.54 Å². The summed E-state index contributed by atoms with van der Waals surface area (Å²) in [7, 11) is 0. The van der Waals surface area contributed by atoms with Gasteiger partial charge in [-0.3, -0.25) is 14.4 Å². The van der Waals surface area contributed by atoms with Crippen LogP contribution in [-0.2, 0) is 14.4 Å². The minimum Gasteiger partial charge on any atom is -0.394 e. The number of aliphatic hydroxyl groups excluding tert-OH is 2. The minimum atomic E-state index is -1.10. The molecule has 1 unspecified atom stereocenters. The number of hydrogen-bond donors (Lipinski definition) is 4. The maximum absolute atomic E-state index is 12.7. The molecule has 0 aromatic rings. The summed E-state index contributed by atoms with van der Waals surface area (Å²) in [6, 6.07) is -2.19. The smallest absolute Gasteiger partial charge is 0.251 e. The number of carbonyl (C=O) groups excluding carboxylic acids is 3. The Labute approximate surface area is 134 Å². The van der Waals surface area contributed by atoms with Gasteiger partial charge in [-0.2, -0.15) is 0 Å². The molecule has 130 valence electrons. The molecule has 3 amide bonds. The van der Waals surface area contributed by atoms with E-state index in [2.05, 4.69) is 0 Å². The van der Waals surface area contributed by atoms with Crippen LogP contribution < -0.4 is 11.5 Å². The van der Waals surface area contributed by atoms with Crippen molar-refractivity contribution in [1.82, 2.24) is 9.80 Å². The molecule has 2 saturated heterocycles. The Balaban J connectivity index is 2.21. The topological polar surface area (TPSA) is 150 Å². The molecule has 0 aromatic carbocycles. The summed E-state index contributed by atoms with van der Waals surface area (Å²) in [5, 5.41) is 18.8. The van der Waals surface area contributed by atoms with Crippen molar-refractivity contribution in [3.05, 3.63) is 0 Å². The highest BCUT2D eigenvalue weighted by Gasteiger charge is 2.60. The van der Waals surface area contributed by atoms with Gasteiger partial charge < -0.3 is 31.5 Å². The van der Waals surface area contributed by atoms with E-state index in [0.29, 0.717) is 13.0 Å². The summed E-state index contributed by atoms with van der Waals surface area (Å²) in [6.07, 6.45) is 0.959. The summed E-state index contributed by atoms with van der Waals surface area (Å²) in [5.74, 6) is -1.67. The molecule has 23 heavy (non-hydrogen) atoms. The van der Waals surface area contributed by atoms with Crippen molar-refractivity contribution in [3.8, 4) is 0 Å². The summed E-state index contributed by atoms with van der Waals surface area (Å²) >= 11 is 0. The quantitative estimate of drug-likeness (QED) is 0.398. The van der Waals surface area contributed by atoms with E-state index in [1.165, 1.54) is 16.7 Å². The zero-order chi connectivity index (χ0) is 17.4. The third-order valence-corrected chi connectivity index (χ3v) is 4.78. The molecule has 2 aliphatic rings. The Hall–Kier alpha value is -1.71. The molecule has 4 atom stereocenters. The van der Waals surface area contributed by atoms with Crippen molar-refractivity contribution in [3.63, 3.8) is 0 Å². The van der Waals surface area contributed by atoms with E-state index in [1.807, 2.05) is 0 Å². The molecule has 0 aliphatic carbocycles. The zero-order valence-electron chi connectivity index (χ0n) is 13.1. The van der Waals surface area contributed by atoms with Gasteiger partial charge in [0.05, 0.1) is 19.3 Å². The lowest BCUT2D eigenvalue weighted by atomic mass is 9.77. The zero-order valence-corrected chi connectivity index (χ0v) is 13.1. The predicted molar refractivity (Wildman–Crippen MR) is 79.7 cm³/mol. The molecule has 9 nitrogen and oxygen atoms in total. The summed E-state index contributed by atoms with van der Waals surface area (Å²) in [5.41, 5.74) is 9.88. The number of rotatable bonds is 5. The van der Waals surface area contributed by atoms with E-state index in [4.69, 9.17) is 11.5 Å². The molecule has 0 bridgehead atoms. The number of amides is 3. The van der Waals surface area contributed by atoms with Crippen LogP contribution in [0.25, 0.3) is 0 Å². The number of hydrogen-bond acceptors (Lipinski definition) is 6. The highest BCUT2D eigenvalue weighted by Crippen LogP contribution is 2.39. The largest absolute Gasteiger partial charge is 0.394 e. The Kier molecular flexibility index (Phi) is 4.92. The molecular formula is C14H24N4O5. The maximum Gasteiger partial charge on any atom is 0.251 e. The minimum absolute atomic E-state index is 0.137. The van der Waals surface area contributed by atoms with Gasteiger partial charge in [0.2, 0.25) is 11.8 Å². The highest BCUT2D eigenvalue weighted by atomic mass is 16.3. The van der Waals surface area contributed by atoms with Crippen LogP contribution in [0.3, 0.4) is 0 Å². The molecule has 6 N–H and O–H groups in total. The second-order valence-corrected chi connectivity index (χ2v) is 6.28. The van der Waals surface area contributed by atoms with Gasteiger partial charge in [-0.15, -0.1) is 0 Å². The molecule has 0 saturated carbocycles. The number of nitrogens with two attached hydrogens (primary N) is 2. The Morgan fingerprint density at radius 3 is 2.52 bits per heavy atom. The third-order valence-electron chi connectivity index (χ3n) is 4.78. The van der Waals surface area contributed by atoms with Gasteiger partial charge in [0.25, 0.3) is 5.91 Å². The van der Waals surface area contributed by atoms with Gasteiger partial charge in [-0.1, -0.05) is 0 Å². The van der Waals surface area contributed by atoms with Crippen LogP contribution in [0.2, 0.25) is 0 Å². The number of β-lactam (4-membered cyclic amide) rings is 1. The average molecular weight is 328 g/mol.